The molecule has 1 saturated heterocycles. The highest BCUT2D eigenvalue weighted by atomic mass is 35.5. The highest BCUT2D eigenvalue weighted by molar-refractivity contribution is 5.85. The second kappa shape index (κ2) is 9.94. The van der Waals surface area contributed by atoms with E-state index in [1.165, 1.54) is 51.7 Å². The lowest BCUT2D eigenvalue weighted by Crippen LogP contribution is -2.30. The smallest absolute Gasteiger partial charge is 0.216 e. The molecular formula is C15H26ClN3O. The molecule has 2 rings (SSSR count). The van der Waals surface area contributed by atoms with Crippen molar-refractivity contribution >= 4 is 12.4 Å². The predicted molar refractivity (Wildman–Crippen MR) is 83.7 cm³/mol. The molecule has 0 atom stereocenters. The fourth-order valence-electron chi connectivity index (χ4n) is 2.48. The third-order valence-electron chi connectivity index (χ3n) is 3.60. The van der Waals surface area contributed by atoms with E-state index in [2.05, 4.69) is 14.9 Å². The Balaban J connectivity index is 0.00000200. The first-order chi connectivity index (χ1) is 9.34. The van der Waals surface area contributed by atoms with Gasteiger partial charge in [0.15, 0.2) is 0 Å². The summed E-state index contributed by atoms with van der Waals surface area (Å²) in [4.78, 5) is 10.7. The van der Waals surface area contributed by atoms with Crippen LogP contribution in [-0.4, -0.2) is 41.1 Å². The van der Waals surface area contributed by atoms with Crippen LogP contribution in [0.15, 0.2) is 12.4 Å². The minimum absolute atomic E-state index is 0. The van der Waals surface area contributed by atoms with Crippen LogP contribution < -0.4 is 4.74 Å². The van der Waals surface area contributed by atoms with Gasteiger partial charge in [-0.25, -0.2) is 9.97 Å². The molecule has 1 aliphatic heterocycles. The Kier molecular flexibility index (Phi) is 8.54. The molecule has 0 saturated carbocycles. The summed E-state index contributed by atoms with van der Waals surface area (Å²) in [5, 5.41) is 0. The van der Waals surface area contributed by atoms with Gasteiger partial charge < -0.3 is 9.64 Å². The van der Waals surface area contributed by atoms with Crippen LogP contribution in [0.25, 0.3) is 0 Å². The lowest BCUT2D eigenvalue weighted by molar-refractivity contribution is 0.220. The summed E-state index contributed by atoms with van der Waals surface area (Å²) in [6, 6.07) is 1.88. The van der Waals surface area contributed by atoms with Crippen molar-refractivity contribution in [1.29, 1.82) is 0 Å². The second-order valence-corrected chi connectivity index (χ2v) is 5.31. The number of piperidine rings is 1. The van der Waals surface area contributed by atoms with Crippen LogP contribution in [-0.2, 0) is 0 Å². The Morgan fingerprint density at radius 1 is 1.10 bits per heavy atom. The van der Waals surface area contributed by atoms with E-state index in [9.17, 15) is 0 Å². The molecular weight excluding hydrogens is 274 g/mol. The largest absolute Gasteiger partial charge is 0.478 e. The number of ether oxygens (including phenoxy) is 1. The van der Waals surface area contributed by atoms with Crippen LogP contribution >= 0.6 is 12.4 Å². The Morgan fingerprint density at radius 2 is 1.90 bits per heavy atom. The lowest BCUT2D eigenvalue weighted by Gasteiger charge is -2.26. The van der Waals surface area contributed by atoms with Gasteiger partial charge in [-0.2, -0.15) is 0 Å². The quantitative estimate of drug-likeness (QED) is 0.725. The molecule has 0 aliphatic carbocycles. The molecule has 5 heteroatoms. The maximum Gasteiger partial charge on any atom is 0.216 e. The summed E-state index contributed by atoms with van der Waals surface area (Å²) < 4.78 is 5.61. The van der Waals surface area contributed by atoms with Gasteiger partial charge in [-0.1, -0.05) is 6.42 Å². The second-order valence-electron chi connectivity index (χ2n) is 5.31. The number of rotatable bonds is 7. The number of hydrogen-bond acceptors (Lipinski definition) is 4. The Labute approximate surface area is 128 Å². The monoisotopic (exact) mass is 299 g/mol. The van der Waals surface area contributed by atoms with Gasteiger partial charge in [-0.3, -0.25) is 0 Å². The van der Waals surface area contributed by atoms with E-state index in [0.29, 0.717) is 5.88 Å². The topological polar surface area (TPSA) is 38.2 Å². The summed E-state index contributed by atoms with van der Waals surface area (Å²) in [5.41, 5.74) is 0.954. The number of aromatic nitrogens is 2. The molecule has 0 N–H and O–H groups in total. The molecule has 0 bridgehead atoms. The van der Waals surface area contributed by atoms with E-state index in [1.54, 1.807) is 6.33 Å². The van der Waals surface area contributed by atoms with Gasteiger partial charge in [-0.05, 0) is 58.7 Å². The number of unbranched alkanes of at least 4 members (excludes halogenated alkanes) is 2. The fraction of sp³-hybridized carbons (Fsp3) is 0.733. The van der Waals surface area contributed by atoms with Gasteiger partial charge in [0.25, 0.3) is 0 Å². The highest BCUT2D eigenvalue weighted by Gasteiger charge is 2.08. The van der Waals surface area contributed by atoms with Gasteiger partial charge >= 0.3 is 0 Å². The van der Waals surface area contributed by atoms with E-state index >= 15 is 0 Å². The first kappa shape index (κ1) is 17.2. The summed E-state index contributed by atoms with van der Waals surface area (Å²) in [6.07, 6.45) is 9.37. The standard InChI is InChI=1S/C15H25N3O.ClH/c1-14-12-15(17-13-16-14)19-11-7-3-6-10-18-8-4-2-5-9-18;/h12-13H,2-11H2,1H3;1H. The molecule has 20 heavy (non-hydrogen) atoms. The molecule has 1 fully saturated rings. The van der Waals surface area contributed by atoms with Gasteiger partial charge in [0, 0.05) is 11.8 Å². The van der Waals surface area contributed by atoms with Crippen molar-refractivity contribution < 1.29 is 4.74 Å². The van der Waals surface area contributed by atoms with Crippen LogP contribution in [0.4, 0.5) is 0 Å². The van der Waals surface area contributed by atoms with Gasteiger partial charge in [0.1, 0.15) is 6.33 Å². The van der Waals surface area contributed by atoms with E-state index in [0.717, 1.165) is 18.7 Å². The SMILES string of the molecule is Cc1cc(OCCCCCN2CCCCC2)ncn1.Cl. The molecule has 2 heterocycles. The van der Waals surface area contributed by atoms with Crippen LogP contribution in [0, 0.1) is 6.92 Å². The first-order valence-corrected chi connectivity index (χ1v) is 7.48. The van der Waals surface area contributed by atoms with E-state index < -0.39 is 0 Å². The number of halogens is 1. The fourth-order valence-corrected chi connectivity index (χ4v) is 2.48. The van der Waals surface area contributed by atoms with Crippen LogP contribution in [0.3, 0.4) is 0 Å². The first-order valence-electron chi connectivity index (χ1n) is 7.48. The van der Waals surface area contributed by atoms with Crippen molar-refractivity contribution in [1.82, 2.24) is 14.9 Å². The van der Waals surface area contributed by atoms with E-state index in [4.69, 9.17) is 4.74 Å². The summed E-state index contributed by atoms with van der Waals surface area (Å²) in [6.45, 7) is 6.57. The number of nitrogens with zero attached hydrogens (tertiary/aromatic N) is 3. The Bertz CT molecular complexity index is 370. The van der Waals surface area contributed by atoms with Gasteiger partial charge in [0.2, 0.25) is 5.88 Å². The van der Waals surface area contributed by atoms with E-state index in [1.807, 2.05) is 13.0 Å². The van der Waals surface area contributed by atoms with Gasteiger partial charge in [-0.15, -0.1) is 12.4 Å². The average Bonchev–Trinajstić information content (AvgIpc) is 2.44. The van der Waals surface area contributed by atoms with E-state index in [-0.39, 0.29) is 12.4 Å². The average molecular weight is 300 g/mol. The van der Waals surface area contributed by atoms with Crippen molar-refractivity contribution in [2.45, 2.75) is 45.4 Å². The zero-order chi connectivity index (χ0) is 13.3. The molecule has 0 amide bonds. The third kappa shape index (κ3) is 6.53. The molecule has 1 aromatic heterocycles. The molecule has 1 aliphatic rings. The minimum Gasteiger partial charge on any atom is -0.478 e. The van der Waals surface area contributed by atoms with Crippen molar-refractivity contribution in [3.8, 4) is 5.88 Å². The van der Waals surface area contributed by atoms with Crippen molar-refractivity contribution in [2.75, 3.05) is 26.2 Å². The van der Waals surface area contributed by atoms with Crippen LogP contribution in [0.1, 0.15) is 44.2 Å². The Hall–Kier alpha value is -0.870. The predicted octanol–water partition coefficient (Wildman–Crippen LogP) is 3.24. The van der Waals surface area contributed by atoms with Crippen molar-refractivity contribution in [3.63, 3.8) is 0 Å². The summed E-state index contributed by atoms with van der Waals surface area (Å²) in [7, 11) is 0. The molecule has 0 unspecified atom stereocenters. The number of likely N-dealkylation sites (tertiary alicyclic amines) is 1. The number of hydrogen-bond donors (Lipinski definition) is 0. The van der Waals surface area contributed by atoms with Crippen LogP contribution in [0.5, 0.6) is 5.88 Å². The molecule has 0 aromatic carbocycles. The molecule has 4 nitrogen and oxygen atoms in total. The normalized spacial score (nSPS) is 15.7. The molecule has 0 radical (unpaired) electrons. The Morgan fingerprint density at radius 3 is 2.65 bits per heavy atom. The number of aryl methyl sites for hydroxylation is 1. The van der Waals surface area contributed by atoms with Crippen molar-refractivity contribution in [3.05, 3.63) is 18.1 Å². The summed E-state index contributed by atoms with van der Waals surface area (Å²) in [5.74, 6) is 0.698. The minimum atomic E-state index is 0. The lowest BCUT2D eigenvalue weighted by atomic mass is 10.1. The zero-order valence-electron chi connectivity index (χ0n) is 12.4. The molecule has 0 spiro atoms. The summed E-state index contributed by atoms with van der Waals surface area (Å²) >= 11 is 0. The van der Waals surface area contributed by atoms with Crippen LogP contribution in [0.2, 0.25) is 0 Å². The van der Waals surface area contributed by atoms with Crippen molar-refractivity contribution in [2.24, 2.45) is 0 Å². The molecule has 1 aromatic rings. The molecule has 114 valence electrons. The zero-order valence-corrected chi connectivity index (χ0v) is 13.2. The third-order valence-corrected chi connectivity index (χ3v) is 3.60. The highest BCUT2D eigenvalue weighted by Crippen LogP contribution is 2.10. The maximum atomic E-state index is 5.61. The maximum absolute atomic E-state index is 5.61. The van der Waals surface area contributed by atoms with Gasteiger partial charge in [0.05, 0.1) is 6.61 Å².